The third kappa shape index (κ3) is 2.08. The molecule has 0 radical (unpaired) electrons. The van der Waals surface area contributed by atoms with Crippen LogP contribution in [-0.4, -0.2) is 17.9 Å². The van der Waals surface area contributed by atoms with Gasteiger partial charge in [-0.25, -0.2) is 0 Å². The van der Waals surface area contributed by atoms with E-state index < -0.39 is 0 Å². The highest BCUT2D eigenvalue weighted by molar-refractivity contribution is 5.98. The molecule has 0 spiro atoms. The number of benzene rings is 1. The van der Waals surface area contributed by atoms with Gasteiger partial charge >= 0.3 is 0 Å². The molecule has 0 unspecified atom stereocenters. The molecule has 1 fully saturated rings. The van der Waals surface area contributed by atoms with Gasteiger partial charge in [0.05, 0.1) is 0 Å². The summed E-state index contributed by atoms with van der Waals surface area (Å²) in [6.07, 6.45) is 2.60. The smallest absolute Gasteiger partial charge is 0.254 e. The van der Waals surface area contributed by atoms with Gasteiger partial charge in [-0.2, -0.15) is 0 Å². The van der Waals surface area contributed by atoms with Crippen LogP contribution in [0.5, 0.6) is 0 Å². The Bertz CT molecular complexity index is 446. The number of rotatable bonds is 1. The van der Waals surface area contributed by atoms with E-state index in [9.17, 15) is 4.79 Å². The number of hydrogen-bond acceptors (Lipinski definition) is 1. The Morgan fingerprint density at radius 2 is 1.88 bits per heavy atom. The fourth-order valence-electron chi connectivity index (χ4n) is 2.48. The van der Waals surface area contributed by atoms with Crippen LogP contribution < -0.4 is 0 Å². The molecule has 1 saturated carbocycles. The van der Waals surface area contributed by atoms with Crippen LogP contribution in [0.4, 0.5) is 0 Å². The number of amides is 1. The van der Waals surface area contributed by atoms with Crippen LogP contribution in [0.25, 0.3) is 0 Å². The van der Waals surface area contributed by atoms with Gasteiger partial charge < -0.3 is 4.90 Å². The summed E-state index contributed by atoms with van der Waals surface area (Å²) in [6.45, 7) is 6.89. The summed E-state index contributed by atoms with van der Waals surface area (Å²) in [5.74, 6) is 0.925. The zero-order valence-electron chi connectivity index (χ0n) is 11.2. The summed E-state index contributed by atoms with van der Waals surface area (Å²) in [7, 11) is 1.88. The molecule has 1 amide bonds. The summed E-state index contributed by atoms with van der Waals surface area (Å²) in [5, 5.41) is 0. The Morgan fingerprint density at radius 3 is 2.47 bits per heavy atom. The SMILES string of the molecule is CC.Cc1cc2c(c(C3CC3)c1)CN(C)C2=O. The highest BCUT2D eigenvalue weighted by atomic mass is 16.2. The zero-order valence-corrected chi connectivity index (χ0v) is 11.2. The standard InChI is InChI=1S/C13H15NO.C2H6/c1-8-5-10(9-3-4-9)12-7-14(2)13(15)11(12)6-8;1-2/h5-6,9H,3-4,7H2,1-2H3;1-2H3. The maximum atomic E-state index is 11.9. The lowest BCUT2D eigenvalue weighted by atomic mass is 9.97. The first-order valence-electron chi connectivity index (χ1n) is 6.55. The minimum absolute atomic E-state index is 0.190. The molecule has 0 saturated heterocycles. The fraction of sp³-hybridized carbons (Fsp3) is 0.533. The van der Waals surface area contributed by atoms with Crippen molar-refractivity contribution in [3.05, 3.63) is 34.4 Å². The third-order valence-electron chi connectivity index (χ3n) is 3.42. The van der Waals surface area contributed by atoms with Gasteiger partial charge in [0.2, 0.25) is 0 Å². The minimum Gasteiger partial charge on any atom is -0.337 e. The van der Waals surface area contributed by atoms with E-state index in [1.807, 2.05) is 31.9 Å². The average Bonchev–Trinajstić information content (AvgIpc) is 3.12. The Balaban J connectivity index is 0.000000514. The van der Waals surface area contributed by atoms with Crippen molar-refractivity contribution in [3.63, 3.8) is 0 Å². The first kappa shape index (κ1) is 12.2. The van der Waals surface area contributed by atoms with E-state index in [-0.39, 0.29) is 5.91 Å². The molecule has 3 rings (SSSR count). The molecule has 0 N–H and O–H groups in total. The van der Waals surface area contributed by atoms with E-state index in [0.29, 0.717) is 0 Å². The van der Waals surface area contributed by atoms with Crippen LogP contribution in [0.3, 0.4) is 0 Å². The normalized spacial score (nSPS) is 17.6. The molecular formula is C15H21NO. The molecule has 1 aromatic rings. The minimum atomic E-state index is 0.190. The van der Waals surface area contributed by atoms with Gasteiger partial charge in [-0.15, -0.1) is 0 Å². The van der Waals surface area contributed by atoms with E-state index in [2.05, 4.69) is 13.0 Å². The molecular weight excluding hydrogens is 210 g/mol. The average molecular weight is 231 g/mol. The molecule has 2 nitrogen and oxygen atoms in total. The summed E-state index contributed by atoms with van der Waals surface area (Å²) in [4.78, 5) is 13.7. The molecule has 0 aromatic heterocycles. The summed E-state index contributed by atoms with van der Waals surface area (Å²) >= 11 is 0. The molecule has 2 aliphatic rings. The van der Waals surface area contributed by atoms with E-state index in [0.717, 1.165) is 18.0 Å². The number of fused-ring (bicyclic) bond motifs is 1. The number of aryl methyl sites for hydroxylation is 1. The lowest BCUT2D eigenvalue weighted by Gasteiger charge is -2.07. The molecule has 2 heteroatoms. The lowest BCUT2D eigenvalue weighted by Crippen LogP contribution is -2.17. The summed E-state index contributed by atoms with van der Waals surface area (Å²) in [5.41, 5.74) is 4.89. The molecule has 0 atom stereocenters. The molecule has 1 aromatic carbocycles. The van der Waals surface area contributed by atoms with E-state index in [1.165, 1.54) is 29.5 Å². The zero-order chi connectivity index (χ0) is 12.6. The second-order valence-corrected chi connectivity index (χ2v) is 4.82. The van der Waals surface area contributed by atoms with Gasteiger partial charge in [-0.1, -0.05) is 25.5 Å². The quantitative estimate of drug-likeness (QED) is 0.724. The van der Waals surface area contributed by atoms with Crippen molar-refractivity contribution >= 4 is 5.91 Å². The van der Waals surface area contributed by atoms with Crippen molar-refractivity contribution < 1.29 is 4.79 Å². The van der Waals surface area contributed by atoms with Crippen LogP contribution in [-0.2, 0) is 6.54 Å². The van der Waals surface area contributed by atoms with Crippen molar-refractivity contribution in [1.82, 2.24) is 4.90 Å². The third-order valence-corrected chi connectivity index (χ3v) is 3.42. The maximum absolute atomic E-state index is 11.9. The predicted molar refractivity (Wildman–Crippen MR) is 70.3 cm³/mol. The molecule has 92 valence electrons. The Labute approximate surface area is 104 Å². The second kappa shape index (κ2) is 4.52. The monoisotopic (exact) mass is 231 g/mol. The Hall–Kier alpha value is -1.31. The molecule has 1 heterocycles. The predicted octanol–water partition coefficient (Wildman–Crippen LogP) is 3.48. The largest absolute Gasteiger partial charge is 0.337 e. The number of carbonyl (C=O) groups excluding carboxylic acids is 1. The Kier molecular flexibility index (Phi) is 3.23. The van der Waals surface area contributed by atoms with Crippen molar-refractivity contribution in [2.75, 3.05) is 7.05 Å². The van der Waals surface area contributed by atoms with Crippen molar-refractivity contribution in [2.45, 2.75) is 46.1 Å². The summed E-state index contributed by atoms with van der Waals surface area (Å²) < 4.78 is 0. The van der Waals surface area contributed by atoms with Crippen LogP contribution >= 0.6 is 0 Å². The molecule has 0 bridgehead atoms. The second-order valence-electron chi connectivity index (χ2n) is 4.82. The van der Waals surface area contributed by atoms with E-state index in [4.69, 9.17) is 0 Å². The topological polar surface area (TPSA) is 20.3 Å². The van der Waals surface area contributed by atoms with Gasteiger partial charge in [0, 0.05) is 19.2 Å². The fourth-order valence-corrected chi connectivity index (χ4v) is 2.48. The van der Waals surface area contributed by atoms with Gasteiger partial charge in [0.25, 0.3) is 5.91 Å². The van der Waals surface area contributed by atoms with Crippen molar-refractivity contribution in [2.24, 2.45) is 0 Å². The highest BCUT2D eigenvalue weighted by Crippen LogP contribution is 2.44. The van der Waals surface area contributed by atoms with E-state index in [1.54, 1.807) is 0 Å². The Morgan fingerprint density at radius 1 is 1.24 bits per heavy atom. The first-order valence-corrected chi connectivity index (χ1v) is 6.55. The van der Waals surface area contributed by atoms with Crippen LogP contribution in [0.2, 0.25) is 0 Å². The van der Waals surface area contributed by atoms with Gasteiger partial charge in [0.1, 0.15) is 0 Å². The maximum Gasteiger partial charge on any atom is 0.254 e. The number of nitrogens with zero attached hydrogens (tertiary/aromatic N) is 1. The van der Waals surface area contributed by atoms with Crippen LogP contribution in [0.1, 0.15) is 59.7 Å². The van der Waals surface area contributed by atoms with E-state index >= 15 is 0 Å². The number of carbonyl (C=O) groups is 1. The molecule has 1 aliphatic carbocycles. The summed E-state index contributed by atoms with van der Waals surface area (Å²) in [6, 6.07) is 4.30. The van der Waals surface area contributed by atoms with Gasteiger partial charge in [-0.05, 0) is 42.9 Å². The first-order chi connectivity index (χ1) is 8.16. The van der Waals surface area contributed by atoms with Crippen molar-refractivity contribution in [3.8, 4) is 0 Å². The number of hydrogen-bond donors (Lipinski definition) is 0. The van der Waals surface area contributed by atoms with Crippen molar-refractivity contribution in [1.29, 1.82) is 0 Å². The van der Waals surface area contributed by atoms with Crippen LogP contribution in [0.15, 0.2) is 12.1 Å². The molecule has 1 aliphatic heterocycles. The van der Waals surface area contributed by atoms with Gasteiger partial charge in [-0.3, -0.25) is 4.79 Å². The highest BCUT2D eigenvalue weighted by Gasteiger charge is 2.33. The lowest BCUT2D eigenvalue weighted by molar-refractivity contribution is 0.0816. The van der Waals surface area contributed by atoms with Gasteiger partial charge in [0.15, 0.2) is 0 Å². The van der Waals surface area contributed by atoms with Crippen LogP contribution in [0, 0.1) is 6.92 Å². The molecule has 17 heavy (non-hydrogen) atoms.